The summed E-state index contributed by atoms with van der Waals surface area (Å²) in [5.41, 5.74) is -7.39. The van der Waals surface area contributed by atoms with Crippen LogP contribution in [0, 0.1) is 57.7 Å². The molecule has 8 aliphatic rings. The lowest BCUT2D eigenvalue weighted by atomic mass is 9.39. The van der Waals surface area contributed by atoms with Gasteiger partial charge in [-0.05, 0) is 75.1 Å². The lowest BCUT2D eigenvalue weighted by Crippen LogP contribution is -2.77. The smallest absolute Gasteiger partial charge is 0.341 e. The second-order valence-electron chi connectivity index (χ2n) is 18.0. The number of methoxy groups -OCH3 is 1. The number of ketones is 1. The maximum atomic E-state index is 14.7. The molecule has 0 radical (unpaired) electrons. The molecule has 0 amide bonds. The zero-order valence-corrected chi connectivity index (χ0v) is 32.3. The van der Waals surface area contributed by atoms with E-state index < -0.39 is 152 Å². The Morgan fingerprint density at radius 2 is 1.60 bits per heavy atom. The normalized spacial score (nSPS) is 55.2. The van der Waals surface area contributed by atoms with Gasteiger partial charge in [-0.3, -0.25) is 9.59 Å². The van der Waals surface area contributed by atoms with E-state index in [1.54, 1.807) is 20.8 Å². The quantitative estimate of drug-likeness (QED) is 0.154. The zero-order valence-electron chi connectivity index (χ0n) is 31.5. The molecule has 6 N–H and O–H groups in total. The average molecular weight is 792 g/mol. The Hall–Kier alpha value is -2.74. The number of aliphatic hydroxyl groups excluding tert-OH is 4. The minimum Gasteiger partial charge on any atom is -0.497 e. The van der Waals surface area contributed by atoms with Crippen molar-refractivity contribution in [1.82, 2.24) is 4.72 Å². The molecule has 8 fully saturated rings. The van der Waals surface area contributed by atoms with Crippen molar-refractivity contribution in [3.63, 3.8) is 0 Å². The summed E-state index contributed by atoms with van der Waals surface area (Å²) in [5, 5.41) is 62.9. The van der Waals surface area contributed by atoms with Crippen LogP contribution in [-0.4, -0.2) is 125 Å². The molecule has 3 saturated heterocycles. The number of ether oxygens (including phenoxy) is 5. The number of epoxide rings is 2. The van der Waals surface area contributed by atoms with Crippen LogP contribution in [0.15, 0.2) is 29.2 Å². The SMILES string of the molecule is COc1ccc(S(=O)(=O)N[C@H]2C3C[C@@H]4O[C@@H]4[C@H](O)[C@]3(C)[C@H]3[C@H](OC(C)=O)[C@H](O)[C@@]4(C(C)=O)[C@@H]([C@@H](O)[C@@H]5[C@@H]4[C@H](C)[C@H]4O[C@]46OC(=O)[C@@](C)(O)[C@]56C)[C@@H]3[C@H]2O)cc1. The van der Waals surface area contributed by atoms with Gasteiger partial charge in [-0.25, -0.2) is 17.9 Å². The fourth-order valence-electron chi connectivity index (χ4n) is 13.8. The molecule has 5 aliphatic carbocycles. The molecule has 9 rings (SSSR count). The van der Waals surface area contributed by atoms with Gasteiger partial charge in [0.05, 0.1) is 53.3 Å². The van der Waals surface area contributed by atoms with E-state index in [4.69, 9.17) is 23.7 Å². The Balaban J connectivity index is 1.26. The van der Waals surface area contributed by atoms with Gasteiger partial charge in [-0.15, -0.1) is 0 Å². The standard InChI is InChI=1S/C38H49NO15S/c1-13-21-24(35(5)36(6,47)33(46)54-38(35)32(13)53-38)27(43)22-20-23(29(51-15(3)41)31(45)37(21,22)14(2)40)34(4)18(12-19-28(52-19)30(34)44)25(26(20)42)39-55(48,49)17-10-8-16(50-7)9-11-17/h8-11,13,18-32,39,42-45,47H,12H2,1-7H3/t13-,18?,19-,20-,21-,22+,23+,24-,25-,26+,27+,28-,29-,30-,31-,32+,34-,35-,36+,37+,38-/m0/s1. The Morgan fingerprint density at radius 1 is 0.945 bits per heavy atom. The molecule has 1 aromatic rings. The molecule has 0 aromatic heterocycles. The van der Waals surface area contributed by atoms with Crippen molar-refractivity contribution < 1.29 is 72.0 Å². The fourth-order valence-corrected chi connectivity index (χ4v) is 15.1. The third kappa shape index (κ3) is 4.19. The predicted octanol–water partition coefficient (Wildman–Crippen LogP) is -0.733. The number of Topliss-reactive ketones (excluding diaryl/α,β-unsaturated/α-hetero) is 1. The molecule has 1 spiro atoms. The highest BCUT2D eigenvalue weighted by atomic mass is 32.2. The molecule has 0 bridgehead atoms. The zero-order chi connectivity index (χ0) is 39.9. The fraction of sp³-hybridized carbons (Fsp3) is 0.763. The molecule has 5 saturated carbocycles. The van der Waals surface area contributed by atoms with Gasteiger partial charge in [0.15, 0.2) is 5.60 Å². The van der Waals surface area contributed by atoms with E-state index in [0.717, 1.165) is 6.92 Å². The molecule has 17 heteroatoms. The highest BCUT2D eigenvalue weighted by Gasteiger charge is 2.93. The van der Waals surface area contributed by atoms with Crippen molar-refractivity contribution >= 4 is 27.7 Å². The van der Waals surface area contributed by atoms with E-state index in [2.05, 4.69) is 4.72 Å². The Labute approximate surface area is 317 Å². The third-order valence-corrected chi connectivity index (χ3v) is 17.7. The van der Waals surface area contributed by atoms with Gasteiger partial charge in [0.2, 0.25) is 15.8 Å². The number of nitrogens with one attached hydrogen (secondary N) is 1. The molecule has 21 atom stereocenters. The van der Waals surface area contributed by atoms with Crippen LogP contribution in [0.25, 0.3) is 0 Å². The lowest BCUT2D eigenvalue weighted by Gasteiger charge is -2.67. The topological polar surface area (TPSA) is 251 Å². The number of hydrogen-bond acceptors (Lipinski definition) is 15. The predicted molar refractivity (Wildman–Crippen MR) is 184 cm³/mol. The molecular weight excluding hydrogens is 742 g/mol. The van der Waals surface area contributed by atoms with Crippen molar-refractivity contribution in [1.29, 1.82) is 0 Å². The summed E-state index contributed by atoms with van der Waals surface area (Å²) in [4.78, 5) is 40.9. The molecule has 1 unspecified atom stereocenters. The number of benzene rings is 1. The van der Waals surface area contributed by atoms with E-state index in [0.29, 0.717) is 5.75 Å². The van der Waals surface area contributed by atoms with E-state index in [-0.39, 0.29) is 11.3 Å². The number of rotatable bonds is 6. The monoisotopic (exact) mass is 791 g/mol. The number of carbonyl (C=O) groups excluding carboxylic acids is 3. The lowest BCUT2D eigenvalue weighted by molar-refractivity contribution is -0.278. The Morgan fingerprint density at radius 3 is 2.20 bits per heavy atom. The van der Waals surface area contributed by atoms with E-state index in [1.165, 1.54) is 45.2 Å². The van der Waals surface area contributed by atoms with Crippen molar-refractivity contribution in [3.05, 3.63) is 24.3 Å². The van der Waals surface area contributed by atoms with Gasteiger partial charge in [-0.2, -0.15) is 0 Å². The largest absolute Gasteiger partial charge is 0.497 e. The molecule has 3 aliphatic heterocycles. The van der Waals surface area contributed by atoms with E-state index in [9.17, 15) is 48.3 Å². The molecular formula is C38H49NO15S. The van der Waals surface area contributed by atoms with Crippen LogP contribution in [0.1, 0.15) is 48.0 Å². The van der Waals surface area contributed by atoms with Gasteiger partial charge >= 0.3 is 11.9 Å². The molecule has 302 valence electrons. The third-order valence-electron chi connectivity index (χ3n) is 16.3. The van der Waals surface area contributed by atoms with E-state index in [1.807, 2.05) is 0 Å². The van der Waals surface area contributed by atoms with Gasteiger partial charge in [-0.1, -0.05) is 13.8 Å². The number of hydrogen-bond donors (Lipinski definition) is 6. The number of aliphatic hydroxyl groups is 5. The summed E-state index contributed by atoms with van der Waals surface area (Å²) in [6, 6.07) is 4.28. The van der Waals surface area contributed by atoms with Crippen molar-refractivity contribution in [3.8, 4) is 5.75 Å². The summed E-state index contributed by atoms with van der Waals surface area (Å²) in [5.74, 6) is -11.3. The maximum Gasteiger partial charge on any atom is 0.341 e. The van der Waals surface area contributed by atoms with Crippen LogP contribution in [0.5, 0.6) is 5.75 Å². The van der Waals surface area contributed by atoms with Crippen LogP contribution < -0.4 is 9.46 Å². The first-order valence-corrected chi connectivity index (χ1v) is 20.4. The average Bonchev–Trinajstić information content (AvgIpc) is 4.03. The number of esters is 2. The first kappa shape index (κ1) is 37.8. The van der Waals surface area contributed by atoms with Crippen LogP contribution >= 0.6 is 0 Å². The number of fused-ring (bicyclic) bond motifs is 9. The maximum absolute atomic E-state index is 14.7. The van der Waals surface area contributed by atoms with Crippen molar-refractivity contribution in [2.24, 2.45) is 57.7 Å². The number of carbonyl (C=O) groups is 3. The second-order valence-corrected chi connectivity index (χ2v) is 19.7. The van der Waals surface area contributed by atoms with Crippen LogP contribution in [0.4, 0.5) is 0 Å². The second kappa shape index (κ2) is 11.3. The van der Waals surface area contributed by atoms with Crippen LogP contribution in [0.2, 0.25) is 0 Å². The highest BCUT2D eigenvalue weighted by molar-refractivity contribution is 7.89. The summed E-state index contributed by atoms with van der Waals surface area (Å²) in [6.45, 7) is 8.63. The van der Waals surface area contributed by atoms with Crippen molar-refractivity contribution in [2.45, 2.75) is 119 Å². The van der Waals surface area contributed by atoms with E-state index >= 15 is 0 Å². The van der Waals surface area contributed by atoms with Crippen molar-refractivity contribution in [2.75, 3.05) is 7.11 Å². The summed E-state index contributed by atoms with van der Waals surface area (Å²) < 4.78 is 60.1. The minimum absolute atomic E-state index is 0.137. The molecule has 55 heavy (non-hydrogen) atoms. The highest BCUT2D eigenvalue weighted by Crippen LogP contribution is 2.80. The molecule has 16 nitrogen and oxygen atoms in total. The van der Waals surface area contributed by atoms with Crippen LogP contribution in [0.3, 0.4) is 0 Å². The molecule has 1 aromatic carbocycles. The Kier molecular flexibility index (Phi) is 7.74. The number of sulfonamides is 1. The van der Waals surface area contributed by atoms with Gasteiger partial charge < -0.3 is 49.2 Å². The summed E-state index contributed by atoms with van der Waals surface area (Å²) in [7, 11) is -2.96. The van der Waals surface area contributed by atoms with Gasteiger partial charge in [0.1, 0.15) is 35.9 Å². The Bertz CT molecular complexity index is 1980. The van der Waals surface area contributed by atoms with Crippen LogP contribution in [-0.2, 0) is 43.4 Å². The van der Waals surface area contributed by atoms with Gasteiger partial charge in [0.25, 0.3) is 0 Å². The minimum atomic E-state index is -4.40. The molecule has 3 heterocycles. The summed E-state index contributed by atoms with van der Waals surface area (Å²) >= 11 is 0. The summed E-state index contributed by atoms with van der Waals surface area (Å²) in [6.07, 6.45) is -9.84. The van der Waals surface area contributed by atoms with Gasteiger partial charge in [0, 0.05) is 30.1 Å². The first-order valence-electron chi connectivity index (χ1n) is 19.0. The first-order chi connectivity index (χ1) is 25.6.